The number of aliphatic hydroxyl groups excluding tert-OH is 1. The van der Waals surface area contributed by atoms with Crippen LogP contribution in [0.2, 0.25) is 0 Å². The molecule has 1 unspecified atom stereocenters. The van der Waals surface area contributed by atoms with Crippen molar-refractivity contribution in [1.29, 1.82) is 0 Å². The van der Waals surface area contributed by atoms with Crippen molar-refractivity contribution in [3.63, 3.8) is 0 Å². The summed E-state index contributed by atoms with van der Waals surface area (Å²) in [5.74, 6) is 2.90. The number of aliphatic hydroxyl groups is 1. The van der Waals surface area contributed by atoms with E-state index in [1.165, 1.54) is 43.2 Å². The van der Waals surface area contributed by atoms with Crippen LogP contribution in [-0.2, 0) is 4.74 Å². The Morgan fingerprint density at radius 3 is 2.79 bits per heavy atom. The Morgan fingerprint density at radius 1 is 1.11 bits per heavy atom. The van der Waals surface area contributed by atoms with Crippen molar-refractivity contribution in [3.8, 4) is 5.75 Å². The van der Waals surface area contributed by atoms with Crippen LogP contribution in [-0.4, -0.2) is 29.5 Å². The quantitative estimate of drug-likeness (QED) is 0.587. The van der Waals surface area contributed by atoms with Crippen LogP contribution < -0.4 is 0 Å². The summed E-state index contributed by atoms with van der Waals surface area (Å²) < 4.78 is 5.66. The number of phenols is 1. The maximum absolute atomic E-state index is 10.7. The summed E-state index contributed by atoms with van der Waals surface area (Å²) >= 11 is 0. The van der Waals surface area contributed by atoms with E-state index < -0.39 is 0 Å². The van der Waals surface area contributed by atoms with Crippen LogP contribution in [0.25, 0.3) is 0 Å². The highest BCUT2D eigenvalue weighted by Gasteiger charge is 2.55. The molecule has 28 heavy (non-hydrogen) atoms. The summed E-state index contributed by atoms with van der Waals surface area (Å²) in [5.41, 5.74) is 3.01. The number of hydrogen-bond donors (Lipinski definition) is 2. The number of hydrogen-bond acceptors (Lipinski definition) is 3. The Balaban J connectivity index is 1.52. The second-order valence-electron chi connectivity index (χ2n) is 9.87. The Morgan fingerprint density at radius 2 is 1.96 bits per heavy atom. The second-order valence-corrected chi connectivity index (χ2v) is 9.87. The molecule has 4 rings (SSSR count). The molecule has 0 heterocycles. The highest BCUT2D eigenvalue weighted by atomic mass is 16.5. The normalized spacial score (nSPS) is 36.6. The summed E-state index contributed by atoms with van der Waals surface area (Å²) in [6, 6.07) is 6.13. The summed E-state index contributed by atoms with van der Waals surface area (Å²) in [4.78, 5) is 0. The topological polar surface area (TPSA) is 49.7 Å². The molecule has 2 fully saturated rings. The van der Waals surface area contributed by atoms with Crippen molar-refractivity contribution in [1.82, 2.24) is 0 Å². The van der Waals surface area contributed by atoms with E-state index in [1.807, 2.05) is 12.1 Å². The SMILES string of the molecule is CCCOCCCC[C@@H]1C[C@@H]2[C@H](CC[C@]3(C)C(O)CC[C@@H]23)c2ccc(O)cc21. The van der Waals surface area contributed by atoms with Gasteiger partial charge in [-0.15, -0.1) is 0 Å². The Kier molecular flexibility index (Phi) is 6.04. The lowest BCUT2D eigenvalue weighted by Crippen LogP contribution is -2.44. The zero-order valence-electron chi connectivity index (χ0n) is 17.7. The van der Waals surface area contributed by atoms with Gasteiger partial charge in [0.1, 0.15) is 5.75 Å². The van der Waals surface area contributed by atoms with E-state index in [2.05, 4.69) is 19.9 Å². The second kappa shape index (κ2) is 8.36. The molecule has 3 aliphatic carbocycles. The molecule has 3 heteroatoms. The van der Waals surface area contributed by atoms with Crippen LogP contribution in [0, 0.1) is 17.3 Å². The molecule has 3 nitrogen and oxygen atoms in total. The largest absolute Gasteiger partial charge is 0.508 e. The molecule has 0 spiro atoms. The lowest BCUT2D eigenvalue weighted by atomic mass is 9.53. The molecule has 0 amide bonds. The molecular weight excluding hydrogens is 348 g/mol. The maximum Gasteiger partial charge on any atom is 0.115 e. The van der Waals surface area contributed by atoms with E-state index in [-0.39, 0.29) is 11.5 Å². The maximum atomic E-state index is 10.7. The minimum atomic E-state index is -0.117. The van der Waals surface area contributed by atoms with Gasteiger partial charge in [0, 0.05) is 13.2 Å². The third-order valence-corrected chi connectivity index (χ3v) is 8.29. The Bertz CT molecular complexity index is 672. The highest BCUT2D eigenvalue weighted by molar-refractivity contribution is 5.42. The third-order valence-electron chi connectivity index (χ3n) is 8.29. The van der Waals surface area contributed by atoms with Gasteiger partial charge in [-0.2, -0.15) is 0 Å². The van der Waals surface area contributed by atoms with Crippen LogP contribution in [0.1, 0.15) is 94.6 Å². The summed E-state index contributed by atoms with van der Waals surface area (Å²) in [7, 11) is 0. The van der Waals surface area contributed by atoms with Gasteiger partial charge in [0.25, 0.3) is 0 Å². The van der Waals surface area contributed by atoms with E-state index in [0.717, 1.165) is 38.9 Å². The predicted octanol–water partition coefficient (Wildman–Crippen LogP) is 5.75. The Labute approximate surface area is 170 Å². The molecule has 0 aromatic heterocycles. The van der Waals surface area contributed by atoms with Crippen LogP contribution >= 0.6 is 0 Å². The number of aromatic hydroxyl groups is 1. The summed E-state index contributed by atoms with van der Waals surface area (Å²) in [5, 5.41) is 20.8. The molecule has 0 radical (unpaired) electrons. The first-order valence-corrected chi connectivity index (χ1v) is 11.6. The van der Waals surface area contributed by atoms with E-state index >= 15 is 0 Å². The molecule has 1 aromatic rings. The van der Waals surface area contributed by atoms with E-state index in [0.29, 0.717) is 29.4 Å². The van der Waals surface area contributed by atoms with Crippen molar-refractivity contribution in [2.45, 2.75) is 89.6 Å². The monoisotopic (exact) mass is 386 g/mol. The highest BCUT2D eigenvalue weighted by Crippen LogP contribution is 2.62. The minimum absolute atomic E-state index is 0.117. The van der Waals surface area contributed by atoms with Gasteiger partial charge in [0.15, 0.2) is 0 Å². The molecule has 2 saturated carbocycles. The fourth-order valence-electron chi connectivity index (χ4n) is 6.80. The molecule has 3 aliphatic rings. The number of benzene rings is 1. The molecule has 0 saturated heterocycles. The van der Waals surface area contributed by atoms with Gasteiger partial charge in [-0.05, 0) is 104 Å². The van der Waals surface area contributed by atoms with Gasteiger partial charge >= 0.3 is 0 Å². The number of unbranched alkanes of at least 4 members (excludes halogenated alkanes) is 1. The van der Waals surface area contributed by atoms with Gasteiger partial charge in [-0.25, -0.2) is 0 Å². The van der Waals surface area contributed by atoms with Crippen molar-refractivity contribution >= 4 is 0 Å². The van der Waals surface area contributed by atoms with E-state index in [1.54, 1.807) is 0 Å². The summed E-state index contributed by atoms with van der Waals surface area (Å²) in [6.45, 7) is 6.23. The fraction of sp³-hybridized carbons (Fsp3) is 0.760. The first kappa shape index (κ1) is 20.2. The van der Waals surface area contributed by atoms with Gasteiger partial charge in [-0.1, -0.05) is 26.3 Å². The van der Waals surface area contributed by atoms with E-state index in [9.17, 15) is 10.2 Å². The van der Waals surface area contributed by atoms with Crippen molar-refractivity contribution < 1.29 is 14.9 Å². The number of phenolic OH excluding ortho intramolecular Hbond substituents is 1. The fourth-order valence-corrected chi connectivity index (χ4v) is 6.80. The first-order valence-electron chi connectivity index (χ1n) is 11.6. The number of fused-ring (bicyclic) bond motifs is 5. The zero-order valence-corrected chi connectivity index (χ0v) is 17.7. The number of rotatable bonds is 7. The Hall–Kier alpha value is -1.06. The minimum Gasteiger partial charge on any atom is -0.508 e. The van der Waals surface area contributed by atoms with E-state index in [4.69, 9.17) is 4.74 Å². The van der Waals surface area contributed by atoms with Crippen LogP contribution in [0.3, 0.4) is 0 Å². The van der Waals surface area contributed by atoms with Gasteiger partial charge in [-0.3, -0.25) is 0 Å². The molecule has 0 aliphatic heterocycles. The molecular formula is C25H38O3. The first-order chi connectivity index (χ1) is 13.5. The zero-order chi connectivity index (χ0) is 19.7. The molecule has 2 N–H and O–H groups in total. The lowest BCUT2D eigenvalue weighted by Gasteiger charge is -2.51. The van der Waals surface area contributed by atoms with Gasteiger partial charge < -0.3 is 14.9 Å². The lowest BCUT2D eigenvalue weighted by molar-refractivity contribution is -0.0253. The molecule has 6 atom stereocenters. The molecule has 1 aromatic carbocycles. The smallest absolute Gasteiger partial charge is 0.115 e. The number of ether oxygens (including phenoxy) is 1. The summed E-state index contributed by atoms with van der Waals surface area (Å²) in [6.07, 6.45) is 10.2. The van der Waals surface area contributed by atoms with Crippen molar-refractivity contribution in [2.24, 2.45) is 17.3 Å². The van der Waals surface area contributed by atoms with Crippen LogP contribution in [0.5, 0.6) is 5.75 Å². The van der Waals surface area contributed by atoms with Gasteiger partial charge in [0.2, 0.25) is 0 Å². The standard InChI is InChI=1S/C25H38O3/c1-3-13-28-14-5-4-6-17-15-22-20(19-8-7-18(26)16-21(17)19)11-12-25(2)23(22)9-10-24(25)27/h7-8,16-17,20,22-24,26-27H,3-6,9-15H2,1-2H3/t17-,20-,22-,23+,24?,25+/m1/s1. The molecule has 0 bridgehead atoms. The van der Waals surface area contributed by atoms with Crippen LogP contribution in [0.4, 0.5) is 0 Å². The average molecular weight is 387 g/mol. The van der Waals surface area contributed by atoms with Crippen LogP contribution in [0.15, 0.2) is 18.2 Å². The van der Waals surface area contributed by atoms with Crippen molar-refractivity contribution in [2.75, 3.05) is 13.2 Å². The predicted molar refractivity (Wildman–Crippen MR) is 113 cm³/mol. The van der Waals surface area contributed by atoms with Gasteiger partial charge in [0.05, 0.1) is 6.10 Å². The molecule has 156 valence electrons. The van der Waals surface area contributed by atoms with Crippen molar-refractivity contribution in [3.05, 3.63) is 29.3 Å². The average Bonchev–Trinajstić information content (AvgIpc) is 2.99. The third kappa shape index (κ3) is 3.61.